The van der Waals surface area contributed by atoms with Gasteiger partial charge in [0.05, 0.1) is 0 Å². The molecule has 86 valence electrons. The molecule has 0 saturated heterocycles. The van der Waals surface area contributed by atoms with Crippen molar-refractivity contribution >= 4 is 68.6 Å². The summed E-state index contributed by atoms with van der Waals surface area (Å²) in [5.41, 5.74) is 0. The van der Waals surface area contributed by atoms with Crippen LogP contribution in [0, 0.1) is 0 Å². The monoisotopic (exact) mass is 306 g/mol. The standard InChI is InChI=1S/C8H18S6/c1-7(9-3,10-4)13-14-8(2,11-5)12-6/h1-6H3. The minimum atomic E-state index is 0.275. The van der Waals surface area contributed by atoms with Crippen molar-refractivity contribution in [1.29, 1.82) is 0 Å². The zero-order chi connectivity index (χ0) is 11.2. The average molecular weight is 307 g/mol. The van der Waals surface area contributed by atoms with E-state index in [1.54, 1.807) is 0 Å². The molecule has 0 bridgehead atoms. The number of hydrogen-bond acceptors (Lipinski definition) is 6. The van der Waals surface area contributed by atoms with Gasteiger partial charge in [-0.3, -0.25) is 0 Å². The lowest BCUT2D eigenvalue weighted by atomic mass is 10.9. The molecule has 0 aliphatic carbocycles. The van der Waals surface area contributed by atoms with Gasteiger partial charge < -0.3 is 0 Å². The topological polar surface area (TPSA) is 0 Å². The Bertz CT molecular complexity index is 134. The van der Waals surface area contributed by atoms with E-state index in [9.17, 15) is 0 Å². The molecule has 0 amide bonds. The van der Waals surface area contributed by atoms with Gasteiger partial charge in [0.25, 0.3) is 0 Å². The van der Waals surface area contributed by atoms with E-state index in [1.807, 2.05) is 68.6 Å². The number of rotatable bonds is 7. The van der Waals surface area contributed by atoms with E-state index < -0.39 is 0 Å². The van der Waals surface area contributed by atoms with E-state index in [1.165, 1.54) is 0 Å². The van der Waals surface area contributed by atoms with Gasteiger partial charge in [-0.15, -0.1) is 47.0 Å². The summed E-state index contributed by atoms with van der Waals surface area (Å²) < 4.78 is 0.550. The van der Waals surface area contributed by atoms with Gasteiger partial charge in [-0.05, 0) is 38.9 Å². The lowest BCUT2D eigenvalue weighted by Crippen LogP contribution is -2.11. The summed E-state index contributed by atoms with van der Waals surface area (Å²) in [6.45, 7) is 4.59. The van der Waals surface area contributed by atoms with Crippen molar-refractivity contribution in [2.75, 3.05) is 25.0 Å². The lowest BCUT2D eigenvalue weighted by molar-refractivity contribution is 1.33. The van der Waals surface area contributed by atoms with Crippen molar-refractivity contribution < 1.29 is 0 Å². The fraction of sp³-hybridized carbons (Fsp3) is 1.00. The van der Waals surface area contributed by atoms with Crippen LogP contribution in [-0.2, 0) is 0 Å². The van der Waals surface area contributed by atoms with Crippen LogP contribution in [0.2, 0.25) is 0 Å². The fourth-order valence-corrected chi connectivity index (χ4v) is 7.76. The molecule has 0 aromatic carbocycles. The molecule has 0 radical (unpaired) electrons. The molecule has 0 saturated carbocycles. The third-order valence-corrected chi connectivity index (χ3v) is 14.0. The first-order valence-electron chi connectivity index (χ1n) is 4.02. The van der Waals surface area contributed by atoms with Gasteiger partial charge in [-0.25, -0.2) is 0 Å². The predicted molar refractivity (Wildman–Crippen MR) is 86.1 cm³/mol. The van der Waals surface area contributed by atoms with Gasteiger partial charge in [0.2, 0.25) is 0 Å². The summed E-state index contributed by atoms with van der Waals surface area (Å²) in [5, 5.41) is 0. The summed E-state index contributed by atoms with van der Waals surface area (Å²) in [7, 11) is 3.96. The Kier molecular flexibility index (Phi) is 8.55. The Hall–Kier alpha value is 2.10. The number of hydrogen-bond donors (Lipinski definition) is 0. The molecule has 0 N–H and O–H groups in total. The highest BCUT2D eigenvalue weighted by atomic mass is 33.1. The van der Waals surface area contributed by atoms with Gasteiger partial charge in [0.1, 0.15) is 6.82 Å². The van der Waals surface area contributed by atoms with Gasteiger partial charge in [0, 0.05) is 0 Å². The van der Waals surface area contributed by atoms with Crippen molar-refractivity contribution in [2.24, 2.45) is 0 Å². The van der Waals surface area contributed by atoms with Crippen LogP contribution in [0.4, 0.5) is 0 Å². The zero-order valence-electron chi connectivity index (χ0n) is 9.45. The lowest BCUT2D eigenvalue weighted by Gasteiger charge is -2.30. The first kappa shape index (κ1) is 16.1. The largest absolute Gasteiger partial charge is 0.136 e. The molecule has 0 unspecified atom stereocenters. The van der Waals surface area contributed by atoms with Crippen LogP contribution in [0.3, 0.4) is 0 Å². The normalized spacial score (nSPS) is 13.3. The highest BCUT2D eigenvalue weighted by Gasteiger charge is 2.30. The number of thioether (sulfide) groups is 4. The van der Waals surface area contributed by atoms with E-state index in [0.29, 0.717) is 0 Å². The Morgan fingerprint density at radius 1 is 0.571 bits per heavy atom. The second-order valence-electron chi connectivity index (χ2n) is 2.71. The molecular weight excluding hydrogens is 288 g/mol. The molecule has 14 heavy (non-hydrogen) atoms. The van der Waals surface area contributed by atoms with E-state index in [4.69, 9.17) is 0 Å². The van der Waals surface area contributed by atoms with Gasteiger partial charge in [0.15, 0.2) is 0 Å². The molecule has 0 aromatic rings. The van der Waals surface area contributed by atoms with Crippen LogP contribution in [0.15, 0.2) is 0 Å². The maximum absolute atomic E-state index is 2.29. The van der Waals surface area contributed by atoms with Gasteiger partial charge in [-0.1, -0.05) is 21.6 Å². The summed E-state index contributed by atoms with van der Waals surface area (Å²) in [5.74, 6) is 0. The Labute approximate surface area is 113 Å². The first-order chi connectivity index (χ1) is 6.45. The molecule has 0 rings (SSSR count). The summed E-state index contributed by atoms with van der Waals surface area (Å²) in [6.07, 6.45) is 8.72. The third-order valence-electron chi connectivity index (χ3n) is 1.83. The molecule has 0 aliphatic heterocycles. The third kappa shape index (κ3) is 5.43. The first-order valence-corrected chi connectivity index (χ1v) is 11.1. The van der Waals surface area contributed by atoms with E-state index >= 15 is 0 Å². The molecule has 0 fully saturated rings. The Balaban J connectivity index is 4.14. The van der Waals surface area contributed by atoms with Crippen LogP contribution in [0.5, 0.6) is 0 Å². The molecule has 0 heterocycles. The Morgan fingerprint density at radius 2 is 0.786 bits per heavy atom. The minimum Gasteiger partial charge on any atom is -0.136 e. The fourth-order valence-electron chi connectivity index (χ4n) is 0.454. The van der Waals surface area contributed by atoms with Crippen molar-refractivity contribution in [2.45, 2.75) is 20.7 Å². The zero-order valence-corrected chi connectivity index (χ0v) is 14.3. The molecule has 0 nitrogen and oxygen atoms in total. The second-order valence-corrected chi connectivity index (χ2v) is 12.1. The molecule has 0 spiro atoms. The van der Waals surface area contributed by atoms with Gasteiger partial charge in [-0.2, -0.15) is 0 Å². The minimum absolute atomic E-state index is 0.275. The highest BCUT2D eigenvalue weighted by Crippen LogP contribution is 2.58. The van der Waals surface area contributed by atoms with Crippen molar-refractivity contribution in [3.63, 3.8) is 0 Å². The van der Waals surface area contributed by atoms with E-state index in [2.05, 4.69) is 38.9 Å². The van der Waals surface area contributed by atoms with Gasteiger partial charge >= 0.3 is 0 Å². The van der Waals surface area contributed by atoms with Crippen molar-refractivity contribution in [3.05, 3.63) is 0 Å². The molecule has 0 atom stereocenters. The van der Waals surface area contributed by atoms with Crippen LogP contribution < -0.4 is 0 Å². The molecule has 0 aliphatic rings. The molecule has 6 heteroatoms. The maximum atomic E-state index is 2.29. The highest BCUT2D eigenvalue weighted by molar-refractivity contribution is 8.84. The summed E-state index contributed by atoms with van der Waals surface area (Å²) in [6, 6.07) is 0. The maximum Gasteiger partial charge on any atom is 0.113 e. The van der Waals surface area contributed by atoms with Crippen molar-refractivity contribution in [1.82, 2.24) is 0 Å². The van der Waals surface area contributed by atoms with Crippen LogP contribution in [0.1, 0.15) is 13.8 Å². The second kappa shape index (κ2) is 7.43. The van der Waals surface area contributed by atoms with Crippen LogP contribution in [0.25, 0.3) is 0 Å². The quantitative estimate of drug-likeness (QED) is 0.467. The average Bonchev–Trinajstić information content (AvgIpc) is 2.25. The molecular formula is C8H18S6. The SMILES string of the molecule is CSC(C)(SC)SSC(C)(SC)SC. The van der Waals surface area contributed by atoms with Crippen LogP contribution in [-0.4, -0.2) is 31.8 Å². The summed E-state index contributed by atoms with van der Waals surface area (Å²) in [4.78, 5) is 0. The van der Waals surface area contributed by atoms with Crippen LogP contribution >= 0.6 is 68.6 Å². The summed E-state index contributed by atoms with van der Waals surface area (Å²) >= 11 is 7.68. The van der Waals surface area contributed by atoms with E-state index in [0.717, 1.165) is 0 Å². The Morgan fingerprint density at radius 3 is 0.929 bits per heavy atom. The van der Waals surface area contributed by atoms with Crippen molar-refractivity contribution in [3.8, 4) is 0 Å². The smallest absolute Gasteiger partial charge is 0.113 e. The van der Waals surface area contributed by atoms with E-state index in [-0.39, 0.29) is 6.82 Å². The molecule has 0 aromatic heterocycles. The predicted octanol–water partition coefficient (Wildman–Crippen LogP) is 5.17.